The summed E-state index contributed by atoms with van der Waals surface area (Å²) >= 11 is 18.5. The fourth-order valence-corrected chi connectivity index (χ4v) is 4.58. The smallest absolute Gasteiger partial charge is 0.269 e. The molecule has 5 rings (SSSR count). The van der Waals surface area contributed by atoms with E-state index in [9.17, 15) is 14.9 Å². The Morgan fingerprint density at radius 2 is 1.83 bits per heavy atom. The minimum atomic E-state index is -1.01. The highest BCUT2D eigenvalue weighted by Crippen LogP contribution is 2.42. The van der Waals surface area contributed by atoms with Crippen LogP contribution in [0.4, 0.5) is 0 Å². The van der Waals surface area contributed by atoms with Crippen LogP contribution in [0.1, 0.15) is 34.6 Å². The minimum absolute atomic E-state index is 0.00966. The topological polar surface area (TPSA) is 128 Å². The molecule has 0 aliphatic carbocycles. The molecule has 9 nitrogen and oxygen atoms in total. The SMILES string of the molecule is CC(=O)c1nn(-c2ccc(Cl)cc2)c2nc3c(c(=O)n12)C(c1ccc(Cl)cc1Cl)C(C#N)=C(N)O3. The molecule has 1 atom stereocenters. The zero-order valence-electron chi connectivity index (χ0n) is 17.8. The lowest BCUT2D eigenvalue weighted by Gasteiger charge is -2.25. The number of benzene rings is 2. The Kier molecular flexibility index (Phi) is 5.52. The van der Waals surface area contributed by atoms with Gasteiger partial charge in [0.05, 0.1) is 17.2 Å². The van der Waals surface area contributed by atoms with Gasteiger partial charge in [0, 0.05) is 22.0 Å². The van der Waals surface area contributed by atoms with Crippen molar-refractivity contribution in [2.24, 2.45) is 5.73 Å². The third-order valence-electron chi connectivity index (χ3n) is 5.49. The molecule has 2 aromatic heterocycles. The van der Waals surface area contributed by atoms with Crippen molar-refractivity contribution in [2.75, 3.05) is 0 Å². The van der Waals surface area contributed by atoms with Crippen LogP contribution >= 0.6 is 34.8 Å². The van der Waals surface area contributed by atoms with E-state index in [1.54, 1.807) is 36.4 Å². The Morgan fingerprint density at radius 3 is 2.46 bits per heavy atom. The van der Waals surface area contributed by atoms with E-state index in [0.29, 0.717) is 21.3 Å². The Bertz CT molecular complexity index is 1680. The number of fused-ring (bicyclic) bond motifs is 2. The van der Waals surface area contributed by atoms with Gasteiger partial charge in [0.2, 0.25) is 23.4 Å². The summed E-state index contributed by atoms with van der Waals surface area (Å²) in [6.07, 6.45) is 0. The number of nitrogens with zero attached hydrogens (tertiary/aromatic N) is 5. The second kappa shape index (κ2) is 8.43. The van der Waals surface area contributed by atoms with Crippen molar-refractivity contribution in [3.05, 3.63) is 96.3 Å². The van der Waals surface area contributed by atoms with Crippen LogP contribution in [0.25, 0.3) is 11.5 Å². The van der Waals surface area contributed by atoms with Gasteiger partial charge >= 0.3 is 0 Å². The fraction of sp³-hybridized carbons (Fsp3) is 0.0870. The maximum absolute atomic E-state index is 13.9. The van der Waals surface area contributed by atoms with E-state index >= 15 is 0 Å². The number of hydrogen-bond acceptors (Lipinski definition) is 7. The summed E-state index contributed by atoms with van der Waals surface area (Å²) in [4.78, 5) is 30.8. The van der Waals surface area contributed by atoms with Gasteiger partial charge in [-0.2, -0.15) is 14.9 Å². The maximum atomic E-state index is 13.9. The zero-order valence-corrected chi connectivity index (χ0v) is 20.1. The second-order valence-electron chi connectivity index (χ2n) is 7.63. The van der Waals surface area contributed by atoms with E-state index in [1.165, 1.54) is 17.7 Å². The number of halogens is 3. The summed E-state index contributed by atoms with van der Waals surface area (Å²) in [7, 11) is 0. The number of allylic oxidation sites excluding steroid dienone is 1. The monoisotopic (exact) mass is 526 g/mol. The van der Waals surface area contributed by atoms with Crippen LogP contribution in [-0.2, 0) is 0 Å². The first-order valence-corrected chi connectivity index (χ1v) is 11.2. The lowest BCUT2D eigenvalue weighted by Crippen LogP contribution is -2.31. The number of carbonyl (C=O) groups is 1. The second-order valence-corrected chi connectivity index (χ2v) is 8.91. The van der Waals surface area contributed by atoms with Crippen molar-refractivity contribution in [3.63, 3.8) is 0 Å². The summed E-state index contributed by atoms with van der Waals surface area (Å²) in [5, 5.41) is 15.2. The van der Waals surface area contributed by atoms with Crippen LogP contribution in [-0.4, -0.2) is 24.9 Å². The number of nitrogens with two attached hydrogens (primary N) is 1. The Balaban J connectivity index is 1.87. The summed E-state index contributed by atoms with van der Waals surface area (Å²) in [5.41, 5.74) is 6.24. The maximum Gasteiger partial charge on any atom is 0.269 e. The third kappa shape index (κ3) is 3.63. The van der Waals surface area contributed by atoms with Gasteiger partial charge in [-0.05, 0) is 42.0 Å². The van der Waals surface area contributed by atoms with Gasteiger partial charge in [0.25, 0.3) is 5.56 Å². The number of hydrogen-bond donors (Lipinski definition) is 1. The summed E-state index contributed by atoms with van der Waals surface area (Å²) in [5.74, 6) is -1.99. The number of ketones is 1. The highest BCUT2D eigenvalue weighted by molar-refractivity contribution is 6.35. The van der Waals surface area contributed by atoms with Crippen molar-refractivity contribution in [2.45, 2.75) is 12.8 Å². The predicted octanol–water partition coefficient (Wildman–Crippen LogP) is 4.26. The first kappa shape index (κ1) is 22.9. The average molecular weight is 528 g/mol. The first-order chi connectivity index (χ1) is 16.7. The van der Waals surface area contributed by atoms with Gasteiger partial charge in [-0.3, -0.25) is 9.59 Å². The Hall–Kier alpha value is -3.84. The third-order valence-corrected chi connectivity index (χ3v) is 6.31. The van der Waals surface area contributed by atoms with E-state index in [2.05, 4.69) is 10.1 Å². The van der Waals surface area contributed by atoms with Crippen molar-refractivity contribution in [1.82, 2.24) is 19.2 Å². The number of carbonyl (C=O) groups excluding carboxylic acids is 1. The van der Waals surface area contributed by atoms with E-state index in [1.807, 2.05) is 6.07 Å². The minimum Gasteiger partial charge on any atom is -0.422 e. The summed E-state index contributed by atoms with van der Waals surface area (Å²) < 4.78 is 8.01. The highest BCUT2D eigenvalue weighted by Gasteiger charge is 2.37. The summed E-state index contributed by atoms with van der Waals surface area (Å²) in [6, 6.07) is 13.2. The molecule has 0 fully saturated rings. The van der Waals surface area contributed by atoms with E-state index in [-0.39, 0.29) is 39.5 Å². The number of rotatable bonds is 3. The molecule has 1 aliphatic heterocycles. The van der Waals surface area contributed by atoms with Gasteiger partial charge in [-0.1, -0.05) is 40.9 Å². The predicted molar refractivity (Wildman–Crippen MR) is 129 cm³/mol. The molecule has 2 aromatic carbocycles. The molecule has 0 bridgehead atoms. The van der Waals surface area contributed by atoms with Gasteiger partial charge in [-0.25, -0.2) is 4.40 Å². The van der Waals surface area contributed by atoms with Crippen LogP contribution in [0.5, 0.6) is 5.88 Å². The Labute approximate surface area is 212 Å². The van der Waals surface area contributed by atoms with E-state index in [0.717, 1.165) is 4.40 Å². The molecular weight excluding hydrogens is 515 g/mol. The molecular formula is C23H13Cl3N6O3. The molecule has 0 saturated carbocycles. The van der Waals surface area contributed by atoms with E-state index in [4.69, 9.17) is 45.3 Å². The van der Waals surface area contributed by atoms with Crippen LogP contribution in [0, 0.1) is 11.3 Å². The van der Waals surface area contributed by atoms with Crippen molar-refractivity contribution >= 4 is 46.4 Å². The van der Waals surface area contributed by atoms with Gasteiger partial charge in [0.15, 0.2) is 5.78 Å². The summed E-state index contributed by atoms with van der Waals surface area (Å²) in [6.45, 7) is 1.28. The molecule has 0 radical (unpaired) electrons. The average Bonchev–Trinajstić information content (AvgIpc) is 3.19. The molecule has 1 aliphatic rings. The molecule has 1 unspecified atom stereocenters. The number of ether oxygens (including phenoxy) is 1. The number of nitriles is 1. The number of aromatic nitrogens is 4. The van der Waals surface area contributed by atoms with Crippen LogP contribution in [0.2, 0.25) is 15.1 Å². The lowest BCUT2D eigenvalue weighted by molar-refractivity contribution is 0.100. The van der Waals surface area contributed by atoms with Crippen molar-refractivity contribution in [1.29, 1.82) is 5.26 Å². The largest absolute Gasteiger partial charge is 0.422 e. The molecule has 4 aromatic rings. The molecule has 0 saturated heterocycles. The molecule has 174 valence electrons. The standard InChI is InChI=1S/C23H13Cl3N6O3/c1-10(33)20-30-32(13-5-2-11(24)3-6-13)23-29-21-18(22(34)31(20)23)17(15(9-27)19(28)35-21)14-7-4-12(25)8-16(14)26/h2-8,17H,28H2,1H3. The van der Waals surface area contributed by atoms with Crippen molar-refractivity contribution in [3.8, 4) is 17.6 Å². The highest BCUT2D eigenvalue weighted by atomic mass is 35.5. The van der Waals surface area contributed by atoms with Crippen molar-refractivity contribution < 1.29 is 9.53 Å². The van der Waals surface area contributed by atoms with Crippen LogP contribution in [0.15, 0.2) is 58.7 Å². The first-order valence-electron chi connectivity index (χ1n) is 10.1. The zero-order chi connectivity index (χ0) is 25.0. The van der Waals surface area contributed by atoms with Crippen LogP contribution in [0.3, 0.4) is 0 Å². The van der Waals surface area contributed by atoms with Gasteiger partial charge in [0.1, 0.15) is 11.6 Å². The molecule has 3 heterocycles. The fourth-order valence-electron chi connectivity index (χ4n) is 3.94. The molecule has 35 heavy (non-hydrogen) atoms. The van der Waals surface area contributed by atoms with Crippen LogP contribution < -0.4 is 16.0 Å². The molecule has 0 amide bonds. The molecule has 2 N–H and O–H groups in total. The molecule has 0 spiro atoms. The Morgan fingerprint density at radius 1 is 1.14 bits per heavy atom. The lowest BCUT2D eigenvalue weighted by atomic mass is 9.85. The molecule has 12 heteroatoms. The van der Waals surface area contributed by atoms with E-state index < -0.39 is 17.3 Å². The van der Waals surface area contributed by atoms with Gasteiger partial charge < -0.3 is 10.5 Å². The van der Waals surface area contributed by atoms with Gasteiger partial charge in [-0.15, -0.1) is 5.10 Å². The normalized spacial score (nSPS) is 15.0. The quantitative estimate of drug-likeness (QED) is 0.394. The number of Topliss-reactive ketones (excluding diaryl/α,β-unsaturated/α-hetero) is 1.